The number of aryl methyl sites for hydroxylation is 1. The van der Waals surface area contributed by atoms with E-state index in [2.05, 4.69) is 9.97 Å². The fourth-order valence-corrected chi connectivity index (χ4v) is 1.94. The molecule has 0 atom stereocenters. The number of H-pyrrole nitrogens is 1. The molecule has 0 aliphatic heterocycles. The van der Waals surface area contributed by atoms with Crippen molar-refractivity contribution in [1.29, 1.82) is 0 Å². The zero-order valence-corrected chi connectivity index (χ0v) is 10.8. The molecule has 5 heteroatoms. The van der Waals surface area contributed by atoms with E-state index in [4.69, 9.17) is 11.6 Å². The summed E-state index contributed by atoms with van der Waals surface area (Å²) in [6.45, 7) is 3.54. The number of nitrogens with zero attached hydrogens (tertiary/aromatic N) is 1. The zero-order valence-electron chi connectivity index (χ0n) is 10.1. The van der Waals surface area contributed by atoms with E-state index in [0.29, 0.717) is 29.1 Å². The first-order chi connectivity index (χ1) is 8.51. The number of hydrogen-bond acceptors (Lipinski definition) is 2. The van der Waals surface area contributed by atoms with Crippen molar-refractivity contribution in [2.45, 2.75) is 20.3 Å². The molecule has 0 aliphatic rings. The van der Waals surface area contributed by atoms with Gasteiger partial charge in [0.25, 0.3) is 5.56 Å². The average Bonchev–Trinajstić information content (AvgIpc) is 2.31. The molecule has 94 valence electrons. The summed E-state index contributed by atoms with van der Waals surface area (Å²) in [7, 11) is 0. The lowest BCUT2D eigenvalue weighted by Gasteiger charge is -2.07. The minimum absolute atomic E-state index is 0.211. The lowest BCUT2D eigenvalue weighted by atomic mass is 10.1. The van der Waals surface area contributed by atoms with Gasteiger partial charge in [-0.1, -0.05) is 18.5 Å². The van der Waals surface area contributed by atoms with Gasteiger partial charge in [-0.15, -0.1) is 0 Å². The molecule has 0 fully saturated rings. The van der Waals surface area contributed by atoms with Crippen LogP contribution in [-0.4, -0.2) is 9.97 Å². The first kappa shape index (κ1) is 12.8. The van der Waals surface area contributed by atoms with E-state index in [1.807, 2.05) is 6.92 Å². The highest BCUT2D eigenvalue weighted by Crippen LogP contribution is 2.24. The SMILES string of the molecule is CCc1nc(-c2cc(F)cc(Cl)c2)c(C)c(=O)[nH]1. The van der Waals surface area contributed by atoms with Crippen LogP contribution < -0.4 is 5.56 Å². The maximum absolute atomic E-state index is 13.3. The third-order valence-corrected chi connectivity index (χ3v) is 2.89. The Morgan fingerprint density at radius 1 is 1.39 bits per heavy atom. The van der Waals surface area contributed by atoms with Crippen molar-refractivity contribution in [2.75, 3.05) is 0 Å². The van der Waals surface area contributed by atoms with Gasteiger partial charge in [0.15, 0.2) is 0 Å². The number of aromatic amines is 1. The first-order valence-corrected chi connectivity index (χ1v) is 5.95. The molecule has 0 saturated heterocycles. The monoisotopic (exact) mass is 266 g/mol. The van der Waals surface area contributed by atoms with Crippen molar-refractivity contribution < 1.29 is 4.39 Å². The van der Waals surface area contributed by atoms with Crippen LogP contribution >= 0.6 is 11.6 Å². The van der Waals surface area contributed by atoms with Gasteiger partial charge in [-0.25, -0.2) is 9.37 Å². The molecule has 1 heterocycles. The van der Waals surface area contributed by atoms with E-state index in [9.17, 15) is 9.18 Å². The smallest absolute Gasteiger partial charge is 0.254 e. The molecule has 1 N–H and O–H groups in total. The third-order valence-electron chi connectivity index (χ3n) is 2.67. The maximum Gasteiger partial charge on any atom is 0.254 e. The van der Waals surface area contributed by atoms with Crippen LogP contribution in [0.25, 0.3) is 11.3 Å². The third kappa shape index (κ3) is 2.43. The fraction of sp³-hybridized carbons (Fsp3) is 0.231. The predicted octanol–water partition coefficient (Wildman–Crippen LogP) is 3.10. The molecule has 0 radical (unpaired) electrons. The summed E-state index contributed by atoms with van der Waals surface area (Å²) in [4.78, 5) is 18.7. The largest absolute Gasteiger partial charge is 0.310 e. The molecular formula is C13H12ClFN2O. The second-order valence-corrected chi connectivity index (χ2v) is 4.43. The van der Waals surface area contributed by atoms with Crippen molar-refractivity contribution in [2.24, 2.45) is 0 Å². The van der Waals surface area contributed by atoms with Crippen molar-refractivity contribution in [3.8, 4) is 11.3 Å². The Morgan fingerprint density at radius 2 is 2.11 bits per heavy atom. The van der Waals surface area contributed by atoms with Crippen LogP contribution in [0, 0.1) is 12.7 Å². The number of aromatic nitrogens is 2. The van der Waals surface area contributed by atoms with Crippen LogP contribution in [0.3, 0.4) is 0 Å². The molecule has 1 aromatic carbocycles. The quantitative estimate of drug-likeness (QED) is 0.908. The molecule has 0 spiro atoms. The lowest BCUT2D eigenvalue weighted by molar-refractivity contribution is 0.628. The number of hydrogen-bond donors (Lipinski definition) is 1. The van der Waals surface area contributed by atoms with E-state index in [0.717, 1.165) is 0 Å². The summed E-state index contributed by atoms with van der Waals surface area (Å²) in [6.07, 6.45) is 0.603. The van der Waals surface area contributed by atoms with Crippen LogP contribution in [0.5, 0.6) is 0 Å². The van der Waals surface area contributed by atoms with Gasteiger partial charge in [-0.2, -0.15) is 0 Å². The maximum atomic E-state index is 13.3. The van der Waals surface area contributed by atoms with Gasteiger partial charge in [0.1, 0.15) is 11.6 Å². The molecule has 0 bridgehead atoms. The number of halogens is 2. The zero-order chi connectivity index (χ0) is 13.3. The first-order valence-electron chi connectivity index (χ1n) is 5.57. The van der Waals surface area contributed by atoms with E-state index in [1.54, 1.807) is 13.0 Å². The Labute approximate surface area is 109 Å². The molecular weight excluding hydrogens is 255 g/mol. The van der Waals surface area contributed by atoms with Gasteiger partial charge in [-0.3, -0.25) is 4.79 Å². The van der Waals surface area contributed by atoms with Crippen LogP contribution in [0.1, 0.15) is 18.3 Å². The number of nitrogens with one attached hydrogen (secondary N) is 1. The molecule has 18 heavy (non-hydrogen) atoms. The molecule has 0 aliphatic carbocycles. The molecule has 2 aromatic rings. The second kappa shape index (κ2) is 4.90. The van der Waals surface area contributed by atoms with Gasteiger partial charge in [0.05, 0.1) is 5.69 Å². The van der Waals surface area contributed by atoms with Crippen molar-refractivity contribution in [3.05, 3.63) is 50.8 Å². The Bertz CT molecular complexity index is 632. The van der Waals surface area contributed by atoms with Crippen LogP contribution in [0.4, 0.5) is 4.39 Å². The van der Waals surface area contributed by atoms with Crippen molar-refractivity contribution in [1.82, 2.24) is 9.97 Å². The van der Waals surface area contributed by atoms with E-state index >= 15 is 0 Å². The molecule has 0 saturated carbocycles. The summed E-state index contributed by atoms with van der Waals surface area (Å²) in [5.74, 6) is 0.123. The molecule has 0 unspecified atom stereocenters. The summed E-state index contributed by atoms with van der Waals surface area (Å²) in [5, 5.41) is 0.282. The molecule has 2 rings (SSSR count). The molecule has 3 nitrogen and oxygen atoms in total. The summed E-state index contributed by atoms with van der Waals surface area (Å²) in [5.41, 5.74) is 1.22. The van der Waals surface area contributed by atoms with Crippen LogP contribution in [0.2, 0.25) is 5.02 Å². The van der Waals surface area contributed by atoms with E-state index < -0.39 is 5.82 Å². The van der Waals surface area contributed by atoms with E-state index in [1.165, 1.54) is 12.1 Å². The van der Waals surface area contributed by atoms with Crippen LogP contribution in [0.15, 0.2) is 23.0 Å². The summed E-state index contributed by atoms with van der Waals surface area (Å²) >= 11 is 5.81. The highest BCUT2D eigenvalue weighted by atomic mass is 35.5. The van der Waals surface area contributed by atoms with Gasteiger partial charge in [0.2, 0.25) is 0 Å². The normalized spacial score (nSPS) is 10.7. The standard InChI is InChI=1S/C13H12ClFN2O/c1-3-11-16-12(7(2)13(18)17-11)8-4-9(14)6-10(15)5-8/h4-6H,3H2,1-2H3,(H,16,17,18). The van der Waals surface area contributed by atoms with Gasteiger partial charge in [-0.05, 0) is 25.1 Å². The minimum Gasteiger partial charge on any atom is -0.310 e. The Balaban J connectivity index is 2.69. The Morgan fingerprint density at radius 3 is 2.72 bits per heavy atom. The van der Waals surface area contributed by atoms with Crippen molar-refractivity contribution >= 4 is 11.6 Å². The van der Waals surface area contributed by atoms with Gasteiger partial charge in [0, 0.05) is 22.6 Å². The molecule has 1 aromatic heterocycles. The second-order valence-electron chi connectivity index (χ2n) is 4.00. The number of rotatable bonds is 2. The topological polar surface area (TPSA) is 45.8 Å². The predicted molar refractivity (Wildman–Crippen MR) is 69.4 cm³/mol. The summed E-state index contributed by atoms with van der Waals surface area (Å²) in [6, 6.07) is 4.13. The van der Waals surface area contributed by atoms with Gasteiger partial charge < -0.3 is 4.98 Å². The van der Waals surface area contributed by atoms with Crippen molar-refractivity contribution in [3.63, 3.8) is 0 Å². The highest BCUT2D eigenvalue weighted by molar-refractivity contribution is 6.30. The molecule has 0 amide bonds. The van der Waals surface area contributed by atoms with Crippen LogP contribution in [-0.2, 0) is 6.42 Å². The van der Waals surface area contributed by atoms with E-state index in [-0.39, 0.29) is 10.6 Å². The summed E-state index contributed by atoms with van der Waals surface area (Å²) < 4.78 is 13.3. The Hall–Kier alpha value is -1.68. The Kier molecular flexibility index (Phi) is 3.48. The van der Waals surface area contributed by atoms with Gasteiger partial charge >= 0.3 is 0 Å². The fourth-order valence-electron chi connectivity index (χ4n) is 1.72. The lowest BCUT2D eigenvalue weighted by Crippen LogP contribution is -2.15. The highest BCUT2D eigenvalue weighted by Gasteiger charge is 2.10. The number of benzene rings is 1. The minimum atomic E-state index is -0.447. The average molecular weight is 267 g/mol.